The normalized spacial score (nSPS) is 16.7. The molecule has 1 aromatic carbocycles. The summed E-state index contributed by atoms with van der Waals surface area (Å²) < 4.78 is 16.4. The number of methoxy groups -OCH3 is 3. The molecule has 0 radical (unpaired) electrons. The lowest BCUT2D eigenvalue weighted by atomic mass is 10.0. The number of carbonyl (C=O) groups is 1. The maximum atomic E-state index is 12.7. The number of anilines is 1. The number of ether oxygens (including phenoxy) is 3. The van der Waals surface area contributed by atoms with E-state index >= 15 is 0 Å². The van der Waals surface area contributed by atoms with Crippen LogP contribution < -0.4 is 19.1 Å². The van der Waals surface area contributed by atoms with Crippen molar-refractivity contribution in [2.75, 3.05) is 52.4 Å². The lowest BCUT2D eigenvalue weighted by molar-refractivity contribution is -0.131. The monoisotopic (exact) mass is 454 g/mol. The highest BCUT2D eigenvalue weighted by Crippen LogP contribution is 2.41. The average Bonchev–Trinajstić information content (AvgIpc) is 3.40. The maximum Gasteiger partial charge on any atom is 0.225 e. The van der Waals surface area contributed by atoms with Gasteiger partial charge >= 0.3 is 0 Å². The summed E-state index contributed by atoms with van der Waals surface area (Å²) in [5.74, 6) is 3.41. The zero-order chi connectivity index (χ0) is 23.2. The van der Waals surface area contributed by atoms with Crippen LogP contribution in [0.3, 0.4) is 0 Å². The van der Waals surface area contributed by atoms with Crippen LogP contribution in [0.5, 0.6) is 17.2 Å². The highest BCUT2D eigenvalue weighted by molar-refractivity contribution is 5.76. The Morgan fingerprint density at radius 3 is 2.27 bits per heavy atom. The Bertz CT molecular complexity index is 928. The summed E-state index contributed by atoms with van der Waals surface area (Å²) in [7, 11) is 4.78. The van der Waals surface area contributed by atoms with Crippen molar-refractivity contribution in [1.29, 1.82) is 0 Å². The standard InChI is InChI=1S/C25H34N4O4/c1-31-21-16-19(17-22(32-2)24(21)33-3)20-10-11-26-25(27-20)29-14-12-28(13-15-29)23(30)9-8-18-6-4-5-7-18/h10-11,16-18H,4-9,12-15H2,1-3H3. The van der Waals surface area contributed by atoms with Gasteiger partial charge in [-0.1, -0.05) is 25.7 Å². The lowest BCUT2D eigenvalue weighted by Crippen LogP contribution is -2.49. The van der Waals surface area contributed by atoms with Gasteiger partial charge in [0.15, 0.2) is 11.5 Å². The second-order valence-corrected chi connectivity index (χ2v) is 8.71. The third-order valence-corrected chi connectivity index (χ3v) is 6.76. The van der Waals surface area contributed by atoms with Crippen LogP contribution in [0.4, 0.5) is 5.95 Å². The number of nitrogens with zero attached hydrogens (tertiary/aromatic N) is 4. The smallest absolute Gasteiger partial charge is 0.225 e. The van der Waals surface area contributed by atoms with Crippen LogP contribution in [-0.4, -0.2) is 68.3 Å². The SMILES string of the molecule is COc1cc(-c2ccnc(N3CCN(C(=O)CCC4CCCC4)CC3)n2)cc(OC)c1OC. The van der Waals surface area contributed by atoms with E-state index in [1.54, 1.807) is 27.5 Å². The number of benzene rings is 1. The topological polar surface area (TPSA) is 77.0 Å². The molecule has 2 aliphatic rings. The van der Waals surface area contributed by atoms with E-state index in [0.29, 0.717) is 42.7 Å². The first kappa shape index (κ1) is 23.1. The summed E-state index contributed by atoms with van der Waals surface area (Å²) in [5, 5.41) is 0. The van der Waals surface area contributed by atoms with E-state index in [2.05, 4.69) is 9.88 Å². The second kappa shape index (κ2) is 10.7. The molecule has 1 aliphatic carbocycles. The van der Waals surface area contributed by atoms with E-state index in [4.69, 9.17) is 19.2 Å². The number of carbonyl (C=O) groups excluding carboxylic acids is 1. The summed E-state index contributed by atoms with van der Waals surface area (Å²) in [6, 6.07) is 5.63. The van der Waals surface area contributed by atoms with Gasteiger partial charge in [-0.15, -0.1) is 0 Å². The Kier molecular flexibility index (Phi) is 7.52. The molecule has 178 valence electrons. The van der Waals surface area contributed by atoms with Gasteiger partial charge in [0.2, 0.25) is 17.6 Å². The fourth-order valence-electron chi connectivity index (χ4n) is 4.83. The van der Waals surface area contributed by atoms with Crippen molar-refractivity contribution >= 4 is 11.9 Å². The minimum atomic E-state index is 0.286. The summed E-state index contributed by atoms with van der Waals surface area (Å²) in [6.07, 6.45) is 8.72. The molecule has 0 spiro atoms. The molecule has 8 heteroatoms. The summed E-state index contributed by atoms with van der Waals surface area (Å²) in [5.41, 5.74) is 1.63. The van der Waals surface area contributed by atoms with Gasteiger partial charge in [-0.25, -0.2) is 9.97 Å². The molecule has 8 nitrogen and oxygen atoms in total. The first-order chi connectivity index (χ1) is 16.1. The van der Waals surface area contributed by atoms with E-state index in [-0.39, 0.29) is 5.91 Å². The average molecular weight is 455 g/mol. The van der Waals surface area contributed by atoms with Gasteiger partial charge in [-0.05, 0) is 30.5 Å². The van der Waals surface area contributed by atoms with E-state index in [0.717, 1.165) is 36.7 Å². The molecule has 1 amide bonds. The molecule has 1 saturated carbocycles. The molecule has 0 bridgehead atoms. The highest BCUT2D eigenvalue weighted by atomic mass is 16.5. The predicted molar refractivity (Wildman–Crippen MR) is 127 cm³/mol. The fourth-order valence-corrected chi connectivity index (χ4v) is 4.83. The molecular formula is C25H34N4O4. The van der Waals surface area contributed by atoms with Gasteiger partial charge in [0.05, 0.1) is 27.0 Å². The number of piperazine rings is 1. The van der Waals surface area contributed by atoms with Crippen LogP contribution in [0.2, 0.25) is 0 Å². The van der Waals surface area contributed by atoms with Gasteiger partial charge in [-0.3, -0.25) is 4.79 Å². The van der Waals surface area contributed by atoms with Crippen LogP contribution >= 0.6 is 0 Å². The zero-order valence-electron chi connectivity index (χ0n) is 19.9. The Hall–Kier alpha value is -3.03. The molecule has 2 fully saturated rings. The zero-order valence-corrected chi connectivity index (χ0v) is 19.9. The molecule has 2 aromatic rings. The van der Waals surface area contributed by atoms with E-state index in [1.165, 1.54) is 25.7 Å². The molecule has 1 aromatic heterocycles. The van der Waals surface area contributed by atoms with Gasteiger partial charge in [0, 0.05) is 44.4 Å². The Labute approximate surface area is 195 Å². The van der Waals surface area contributed by atoms with Crippen molar-refractivity contribution in [3.8, 4) is 28.5 Å². The number of rotatable bonds is 8. The van der Waals surface area contributed by atoms with Crippen molar-refractivity contribution in [3.63, 3.8) is 0 Å². The van der Waals surface area contributed by atoms with Gasteiger partial charge < -0.3 is 24.0 Å². The highest BCUT2D eigenvalue weighted by Gasteiger charge is 2.24. The minimum Gasteiger partial charge on any atom is -0.493 e. The second-order valence-electron chi connectivity index (χ2n) is 8.71. The summed E-state index contributed by atoms with van der Waals surface area (Å²) in [4.78, 5) is 26.1. The minimum absolute atomic E-state index is 0.286. The Morgan fingerprint density at radius 1 is 1.00 bits per heavy atom. The third-order valence-electron chi connectivity index (χ3n) is 6.76. The molecule has 4 rings (SSSR count). The molecule has 0 unspecified atom stereocenters. The number of aromatic nitrogens is 2. The quantitative estimate of drug-likeness (QED) is 0.601. The van der Waals surface area contributed by atoms with Crippen LogP contribution in [0, 0.1) is 5.92 Å². The third kappa shape index (κ3) is 5.31. The molecular weight excluding hydrogens is 420 g/mol. The number of hydrogen-bond donors (Lipinski definition) is 0. The maximum absolute atomic E-state index is 12.7. The van der Waals surface area contributed by atoms with Crippen molar-refractivity contribution in [2.45, 2.75) is 38.5 Å². The number of amides is 1. The molecule has 2 heterocycles. The van der Waals surface area contributed by atoms with Crippen LogP contribution in [0.25, 0.3) is 11.3 Å². The number of hydrogen-bond acceptors (Lipinski definition) is 7. The lowest BCUT2D eigenvalue weighted by Gasteiger charge is -2.35. The van der Waals surface area contributed by atoms with Crippen LogP contribution in [-0.2, 0) is 4.79 Å². The van der Waals surface area contributed by atoms with Crippen molar-refractivity contribution in [1.82, 2.24) is 14.9 Å². The molecule has 33 heavy (non-hydrogen) atoms. The van der Waals surface area contributed by atoms with Gasteiger partial charge in [0.1, 0.15) is 0 Å². The molecule has 1 aliphatic heterocycles. The van der Waals surface area contributed by atoms with Gasteiger partial charge in [-0.2, -0.15) is 0 Å². The van der Waals surface area contributed by atoms with Crippen LogP contribution in [0.15, 0.2) is 24.4 Å². The fraction of sp³-hybridized carbons (Fsp3) is 0.560. The summed E-state index contributed by atoms with van der Waals surface area (Å²) >= 11 is 0. The molecule has 1 saturated heterocycles. The predicted octanol–water partition coefficient (Wildman–Crippen LogP) is 3.79. The molecule has 0 atom stereocenters. The first-order valence-corrected chi connectivity index (χ1v) is 11.8. The molecule has 0 N–H and O–H groups in total. The largest absolute Gasteiger partial charge is 0.493 e. The first-order valence-electron chi connectivity index (χ1n) is 11.8. The van der Waals surface area contributed by atoms with Gasteiger partial charge in [0.25, 0.3) is 0 Å². The van der Waals surface area contributed by atoms with Crippen molar-refractivity contribution in [2.24, 2.45) is 5.92 Å². The van der Waals surface area contributed by atoms with E-state index in [9.17, 15) is 4.79 Å². The van der Waals surface area contributed by atoms with E-state index < -0.39 is 0 Å². The van der Waals surface area contributed by atoms with E-state index in [1.807, 2.05) is 23.1 Å². The van der Waals surface area contributed by atoms with Crippen molar-refractivity contribution < 1.29 is 19.0 Å². The van der Waals surface area contributed by atoms with Crippen molar-refractivity contribution in [3.05, 3.63) is 24.4 Å². The van der Waals surface area contributed by atoms with Crippen LogP contribution in [0.1, 0.15) is 38.5 Å². The Balaban J connectivity index is 1.41. The summed E-state index contributed by atoms with van der Waals surface area (Å²) in [6.45, 7) is 2.88. The Morgan fingerprint density at radius 2 is 1.67 bits per heavy atom.